The molecule has 0 radical (unpaired) electrons. The average Bonchev–Trinajstić information content (AvgIpc) is 3.23. The molecular formula is C22H31FN4O3S2. The highest BCUT2D eigenvalue weighted by atomic mass is 32.2. The Kier molecular flexibility index (Phi) is 7.51. The van der Waals surface area contributed by atoms with Gasteiger partial charge in [0.2, 0.25) is 5.91 Å². The molecule has 10 heteroatoms. The summed E-state index contributed by atoms with van der Waals surface area (Å²) >= 11 is 1.74. The van der Waals surface area contributed by atoms with Gasteiger partial charge < -0.3 is 10.2 Å². The summed E-state index contributed by atoms with van der Waals surface area (Å²) in [6.07, 6.45) is 10.7. The van der Waals surface area contributed by atoms with Crippen molar-refractivity contribution in [3.63, 3.8) is 0 Å². The van der Waals surface area contributed by atoms with Crippen molar-refractivity contribution in [2.75, 3.05) is 37.4 Å². The Morgan fingerprint density at radius 1 is 1.22 bits per heavy atom. The Balaban J connectivity index is 1.33. The number of likely N-dealkylation sites (tertiary alicyclic amines) is 1. The molecule has 1 N–H and O–H groups in total. The van der Waals surface area contributed by atoms with Gasteiger partial charge in [0.05, 0.1) is 29.0 Å². The van der Waals surface area contributed by atoms with E-state index in [4.69, 9.17) is 0 Å². The predicted octanol–water partition coefficient (Wildman–Crippen LogP) is 2.51. The van der Waals surface area contributed by atoms with Crippen LogP contribution in [0.4, 0.5) is 4.39 Å². The topological polar surface area (TPSA) is 91.2 Å². The first-order valence-corrected chi connectivity index (χ1v) is 14.4. The molecule has 1 unspecified atom stereocenters. The van der Waals surface area contributed by atoms with Gasteiger partial charge in [-0.2, -0.15) is 11.8 Å². The number of amidine groups is 1. The minimum atomic E-state index is -2.94. The van der Waals surface area contributed by atoms with Gasteiger partial charge in [0, 0.05) is 18.1 Å². The lowest BCUT2D eigenvalue weighted by molar-refractivity contribution is -0.122. The van der Waals surface area contributed by atoms with Crippen LogP contribution in [0.5, 0.6) is 0 Å². The minimum absolute atomic E-state index is 0.195. The van der Waals surface area contributed by atoms with Crippen molar-refractivity contribution >= 4 is 39.1 Å². The summed E-state index contributed by atoms with van der Waals surface area (Å²) in [7, 11) is -2.94. The van der Waals surface area contributed by atoms with Gasteiger partial charge in [0.15, 0.2) is 0 Å². The molecule has 0 bridgehead atoms. The molecule has 0 aromatic carbocycles. The van der Waals surface area contributed by atoms with E-state index in [1.54, 1.807) is 17.8 Å². The SMILES string of the molecule is CS(=O)(=O)CCN1CCC(SCC2=NC3=CC(=NC4CCCC4)C=C(F)C3C(=O)N2)CC1. The van der Waals surface area contributed by atoms with Gasteiger partial charge >= 0.3 is 0 Å². The number of carbonyl (C=O) groups excluding carboxylic acids is 1. The van der Waals surface area contributed by atoms with Crippen LogP contribution in [-0.4, -0.2) is 79.5 Å². The molecule has 7 nitrogen and oxygen atoms in total. The summed E-state index contributed by atoms with van der Waals surface area (Å²) in [6, 6.07) is 0.238. The first kappa shape index (κ1) is 23.6. The maximum Gasteiger partial charge on any atom is 0.241 e. The average molecular weight is 483 g/mol. The number of fused-ring (bicyclic) bond motifs is 1. The molecule has 0 aromatic rings. The van der Waals surface area contributed by atoms with E-state index in [9.17, 15) is 17.6 Å². The van der Waals surface area contributed by atoms with E-state index in [0.29, 0.717) is 34.8 Å². The van der Waals surface area contributed by atoms with Crippen LogP contribution >= 0.6 is 11.8 Å². The van der Waals surface area contributed by atoms with Crippen LogP contribution in [0.1, 0.15) is 38.5 Å². The van der Waals surface area contributed by atoms with Crippen molar-refractivity contribution in [3.05, 3.63) is 23.7 Å². The van der Waals surface area contributed by atoms with Gasteiger partial charge in [-0.3, -0.25) is 9.79 Å². The van der Waals surface area contributed by atoms with E-state index >= 15 is 0 Å². The summed E-state index contributed by atoms with van der Waals surface area (Å²) in [5.41, 5.74) is 1.02. The van der Waals surface area contributed by atoms with Gasteiger partial charge in [0.1, 0.15) is 27.4 Å². The lowest BCUT2D eigenvalue weighted by atomic mass is 9.94. The summed E-state index contributed by atoms with van der Waals surface area (Å²) in [5, 5.41) is 3.20. The van der Waals surface area contributed by atoms with E-state index in [1.165, 1.54) is 12.3 Å². The third-order valence-corrected chi connectivity index (χ3v) is 8.68. The number of hydrogen-bond acceptors (Lipinski definition) is 7. The molecule has 4 rings (SSSR count). The normalized spacial score (nSPS) is 27.1. The number of allylic oxidation sites excluding steroid dienone is 2. The fourth-order valence-electron chi connectivity index (χ4n) is 4.58. The fourth-order valence-corrected chi connectivity index (χ4v) is 6.24. The Labute approximate surface area is 193 Å². The number of thioether (sulfide) groups is 1. The zero-order valence-electron chi connectivity index (χ0n) is 18.4. The summed E-state index contributed by atoms with van der Waals surface area (Å²) < 4.78 is 37.3. The number of halogens is 1. The number of piperidine rings is 1. The van der Waals surface area contributed by atoms with Crippen molar-refractivity contribution in [2.24, 2.45) is 15.9 Å². The Bertz CT molecular complexity index is 960. The van der Waals surface area contributed by atoms with Crippen molar-refractivity contribution in [1.29, 1.82) is 0 Å². The van der Waals surface area contributed by atoms with Crippen molar-refractivity contribution < 1.29 is 17.6 Å². The highest BCUT2D eigenvalue weighted by Crippen LogP contribution is 2.32. The number of carbonyl (C=O) groups is 1. The zero-order chi connectivity index (χ0) is 22.7. The van der Waals surface area contributed by atoms with E-state index in [1.807, 2.05) is 0 Å². The number of rotatable bonds is 7. The summed E-state index contributed by atoms with van der Waals surface area (Å²) in [5.74, 6) is -0.508. The smallest absolute Gasteiger partial charge is 0.241 e. The predicted molar refractivity (Wildman–Crippen MR) is 128 cm³/mol. The maximum atomic E-state index is 14.6. The van der Waals surface area contributed by atoms with Crippen LogP contribution < -0.4 is 5.32 Å². The van der Waals surface area contributed by atoms with Gasteiger partial charge in [-0.1, -0.05) is 12.8 Å². The van der Waals surface area contributed by atoms with Crippen molar-refractivity contribution in [3.8, 4) is 0 Å². The quantitative estimate of drug-likeness (QED) is 0.602. The van der Waals surface area contributed by atoms with Crippen LogP contribution in [0.3, 0.4) is 0 Å². The number of nitrogens with one attached hydrogen (secondary N) is 1. The minimum Gasteiger partial charge on any atom is -0.313 e. The van der Waals surface area contributed by atoms with Crippen molar-refractivity contribution in [1.82, 2.24) is 10.2 Å². The number of aliphatic imine (C=N–C) groups is 2. The standard InChI is InChI=1S/C22H31FN4O3S2/c1-32(29,30)11-10-27-8-6-17(7-9-27)31-14-20-25-19-13-16(24-15-4-2-3-5-15)12-18(23)21(19)22(28)26-20/h12-13,15,17,21H,2-11,14H2,1H3,(H,25,26,28). The van der Waals surface area contributed by atoms with Gasteiger partial charge in [-0.25, -0.2) is 17.8 Å². The third-order valence-electron chi connectivity index (χ3n) is 6.37. The van der Waals surface area contributed by atoms with Gasteiger partial charge in [-0.15, -0.1) is 0 Å². The molecule has 2 fully saturated rings. The molecule has 0 aromatic heterocycles. The third kappa shape index (κ3) is 6.29. The number of hydrogen-bond donors (Lipinski definition) is 1. The maximum absolute atomic E-state index is 14.6. The van der Waals surface area contributed by atoms with Gasteiger partial charge in [0.25, 0.3) is 0 Å². The van der Waals surface area contributed by atoms with Crippen molar-refractivity contribution in [2.45, 2.75) is 49.8 Å². The van der Waals surface area contributed by atoms with Crippen LogP contribution in [0.25, 0.3) is 0 Å². The molecule has 1 atom stereocenters. The molecule has 2 heterocycles. The van der Waals surface area contributed by atoms with Gasteiger partial charge in [-0.05, 0) is 50.9 Å². The highest BCUT2D eigenvalue weighted by Gasteiger charge is 2.35. The summed E-state index contributed by atoms with van der Waals surface area (Å²) in [6.45, 7) is 2.32. The van der Waals surface area contributed by atoms with Crippen LogP contribution in [-0.2, 0) is 14.6 Å². The Morgan fingerprint density at radius 3 is 2.62 bits per heavy atom. The molecule has 1 saturated heterocycles. The molecule has 2 aliphatic carbocycles. The molecule has 2 aliphatic heterocycles. The first-order chi connectivity index (χ1) is 15.3. The molecule has 4 aliphatic rings. The van der Waals surface area contributed by atoms with Crippen LogP contribution in [0, 0.1) is 5.92 Å². The second-order valence-corrected chi connectivity index (χ2v) is 12.6. The Hall–Kier alpha value is -1.52. The second-order valence-electron chi connectivity index (χ2n) is 9.05. The number of sulfone groups is 1. The van der Waals surface area contributed by atoms with Crippen LogP contribution in [0.2, 0.25) is 0 Å². The molecule has 1 amide bonds. The number of nitrogens with zero attached hydrogens (tertiary/aromatic N) is 3. The van der Waals surface area contributed by atoms with E-state index in [0.717, 1.165) is 51.6 Å². The molecule has 176 valence electrons. The number of amides is 1. The molecular weight excluding hydrogens is 451 g/mol. The first-order valence-electron chi connectivity index (χ1n) is 11.3. The summed E-state index contributed by atoms with van der Waals surface area (Å²) in [4.78, 5) is 23.9. The second kappa shape index (κ2) is 10.2. The lowest BCUT2D eigenvalue weighted by Crippen LogP contribution is -2.43. The zero-order valence-corrected chi connectivity index (χ0v) is 20.1. The fraction of sp³-hybridized carbons (Fsp3) is 0.682. The lowest BCUT2D eigenvalue weighted by Gasteiger charge is -2.32. The monoisotopic (exact) mass is 482 g/mol. The van der Waals surface area contributed by atoms with E-state index in [2.05, 4.69) is 20.2 Å². The molecule has 1 saturated carbocycles. The van der Waals surface area contributed by atoms with E-state index in [-0.39, 0.29) is 17.7 Å². The molecule has 0 spiro atoms. The largest absolute Gasteiger partial charge is 0.313 e. The van der Waals surface area contributed by atoms with E-state index < -0.39 is 21.6 Å². The Morgan fingerprint density at radius 2 is 1.94 bits per heavy atom. The highest BCUT2D eigenvalue weighted by molar-refractivity contribution is 8.00. The van der Waals surface area contributed by atoms with Crippen LogP contribution in [0.15, 0.2) is 33.7 Å². The molecule has 32 heavy (non-hydrogen) atoms.